The van der Waals surface area contributed by atoms with E-state index in [1.54, 1.807) is 0 Å². The lowest BCUT2D eigenvalue weighted by atomic mass is 10.0. The van der Waals surface area contributed by atoms with Gasteiger partial charge in [0.25, 0.3) is 5.91 Å². The Hall–Kier alpha value is -3.41. The van der Waals surface area contributed by atoms with E-state index in [0.717, 1.165) is 60.0 Å². The highest BCUT2D eigenvalue weighted by atomic mass is 16.5. The van der Waals surface area contributed by atoms with Gasteiger partial charge in [0, 0.05) is 31.6 Å². The molecule has 1 aromatic heterocycles. The van der Waals surface area contributed by atoms with Crippen molar-refractivity contribution in [2.75, 3.05) is 24.5 Å². The smallest absolute Gasteiger partial charge is 0.254 e. The Morgan fingerprint density at radius 3 is 2.44 bits per heavy atom. The first-order valence-electron chi connectivity index (χ1n) is 11.3. The first-order valence-corrected chi connectivity index (χ1v) is 11.3. The van der Waals surface area contributed by atoms with Crippen LogP contribution in [0.1, 0.15) is 45.6 Å². The van der Waals surface area contributed by atoms with E-state index in [2.05, 4.69) is 11.8 Å². The first kappa shape index (κ1) is 20.5. The molecule has 0 bridgehead atoms. The SMILES string of the molecule is Cc1ccc(Oc2nc(N3CCCC3)nc3c2CN(C(=O)c2ccccc2C)CC3)cc1. The molecule has 3 heterocycles. The summed E-state index contributed by atoms with van der Waals surface area (Å²) in [6.45, 7) is 7.06. The summed E-state index contributed by atoms with van der Waals surface area (Å²) in [5, 5.41) is 0. The summed E-state index contributed by atoms with van der Waals surface area (Å²) in [7, 11) is 0. The number of anilines is 1. The van der Waals surface area contributed by atoms with Crippen molar-refractivity contribution in [3.63, 3.8) is 0 Å². The van der Waals surface area contributed by atoms with Gasteiger partial charge in [0.1, 0.15) is 5.75 Å². The van der Waals surface area contributed by atoms with Crippen LogP contribution in [-0.4, -0.2) is 40.4 Å². The molecular formula is C26H28N4O2. The molecule has 0 atom stereocenters. The second kappa shape index (κ2) is 8.61. The Balaban J connectivity index is 1.49. The lowest BCUT2D eigenvalue weighted by molar-refractivity contribution is 0.0731. The van der Waals surface area contributed by atoms with Gasteiger partial charge in [-0.25, -0.2) is 4.98 Å². The van der Waals surface area contributed by atoms with Gasteiger partial charge in [-0.3, -0.25) is 4.79 Å². The van der Waals surface area contributed by atoms with Crippen LogP contribution in [0.5, 0.6) is 11.6 Å². The average Bonchev–Trinajstić information content (AvgIpc) is 3.35. The second-order valence-electron chi connectivity index (χ2n) is 8.65. The number of carbonyl (C=O) groups is 1. The van der Waals surface area contributed by atoms with Crippen LogP contribution < -0.4 is 9.64 Å². The van der Waals surface area contributed by atoms with Crippen molar-refractivity contribution >= 4 is 11.9 Å². The molecular weight excluding hydrogens is 400 g/mol. The molecule has 32 heavy (non-hydrogen) atoms. The third kappa shape index (κ3) is 4.05. The number of nitrogens with zero attached hydrogens (tertiary/aromatic N) is 4. The quantitative estimate of drug-likeness (QED) is 0.604. The van der Waals surface area contributed by atoms with E-state index < -0.39 is 0 Å². The van der Waals surface area contributed by atoms with Crippen molar-refractivity contribution in [3.8, 4) is 11.6 Å². The second-order valence-corrected chi connectivity index (χ2v) is 8.65. The van der Waals surface area contributed by atoms with Gasteiger partial charge in [0.05, 0.1) is 17.8 Å². The monoisotopic (exact) mass is 428 g/mol. The molecule has 6 nitrogen and oxygen atoms in total. The minimum Gasteiger partial charge on any atom is -0.438 e. The Labute approximate surface area is 188 Å². The molecule has 0 unspecified atom stereocenters. The number of carbonyl (C=O) groups excluding carboxylic acids is 1. The molecule has 5 rings (SSSR count). The van der Waals surface area contributed by atoms with Gasteiger partial charge in [0.15, 0.2) is 0 Å². The topological polar surface area (TPSA) is 58.6 Å². The molecule has 0 radical (unpaired) electrons. The highest BCUT2D eigenvalue weighted by Gasteiger charge is 2.29. The summed E-state index contributed by atoms with van der Waals surface area (Å²) in [5.74, 6) is 2.08. The van der Waals surface area contributed by atoms with Crippen molar-refractivity contribution in [1.82, 2.24) is 14.9 Å². The molecule has 0 spiro atoms. The third-order valence-electron chi connectivity index (χ3n) is 6.30. The molecule has 0 N–H and O–H groups in total. The normalized spacial score (nSPS) is 15.6. The molecule has 6 heteroatoms. The van der Waals surface area contributed by atoms with E-state index in [-0.39, 0.29) is 5.91 Å². The molecule has 2 aliphatic heterocycles. The van der Waals surface area contributed by atoms with E-state index in [1.165, 1.54) is 5.56 Å². The molecule has 164 valence electrons. The van der Waals surface area contributed by atoms with E-state index in [1.807, 2.05) is 60.4 Å². The summed E-state index contributed by atoms with van der Waals surface area (Å²) < 4.78 is 6.27. The van der Waals surface area contributed by atoms with Gasteiger partial charge in [-0.2, -0.15) is 4.98 Å². The maximum Gasteiger partial charge on any atom is 0.254 e. The molecule has 1 amide bonds. The minimum atomic E-state index is 0.0404. The van der Waals surface area contributed by atoms with Crippen LogP contribution in [0.4, 0.5) is 5.95 Å². The fourth-order valence-electron chi connectivity index (χ4n) is 4.39. The van der Waals surface area contributed by atoms with Crippen LogP contribution in [0.15, 0.2) is 48.5 Å². The molecule has 2 aliphatic rings. The largest absolute Gasteiger partial charge is 0.438 e. The Kier molecular flexibility index (Phi) is 5.52. The lowest BCUT2D eigenvalue weighted by Gasteiger charge is -2.30. The van der Waals surface area contributed by atoms with E-state index in [4.69, 9.17) is 14.7 Å². The van der Waals surface area contributed by atoms with Gasteiger partial charge < -0.3 is 14.5 Å². The Morgan fingerprint density at radius 2 is 1.69 bits per heavy atom. The maximum atomic E-state index is 13.2. The molecule has 1 fully saturated rings. The van der Waals surface area contributed by atoms with Crippen LogP contribution in [0, 0.1) is 13.8 Å². The van der Waals surface area contributed by atoms with Gasteiger partial charge >= 0.3 is 0 Å². The zero-order chi connectivity index (χ0) is 22.1. The van der Waals surface area contributed by atoms with Crippen molar-refractivity contribution in [2.24, 2.45) is 0 Å². The zero-order valence-corrected chi connectivity index (χ0v) is 18.7. The number of hydrogen-bond acceptors (Lipinski definition) is 5. The maximum absolute atomic E-state index is 13.2. The summed E-state index contributed by atoms with van der Waals surface area (Å²) in [5.41, 5.74) is 4.79. The number of aromatic nitrogens is 2. The third-order valence-corrected chi connectivity index (χ3v) is 6.30. The highest BCUT2D eigenvalue weighted by Crippen LogP contribution is 2.33. The zero-order valence-electron chi connectivity index (χ0n) is 18.7. The summed E-state index contributed by atoms with van der Waals surface area (Å²) in [4.78, 5) is 27.1. The van der Waals surface area contributed by atoms with Crippen LogP contribution in [0.25, 0.3) is 0 Å². The molecule has 1 saturated heterocycles. The van der Waals surface area contributed by atoms with Crippen LogP contribution in [0.3, 0.4) is 0 Å². The molecule has 0 saturated carbocycles. The highest BCUT2D eigenvalue weighted by molar-refractivity contribution is 5.95. The van der Waals surface area contributed by atoms with E-state index in [0.29, 0.717) is 25.4 Å². The molecule has 3 aromatic rings. The fraction of sp³-hybridized carbons (Fsp3) is 0.346. The Morgan fingerprint density at radius 1 is 0.938 bits per heavy atom. The van der Waals surface area contributed by atoms with Gasteiger partial charge in [-0.05, 0) is 50.5 Å². The molecule has 0 aliphatic carbocycles. The van der Waals surface area contributed by atoms with Crippen LogP contribution in [0.2, 0.25) is 0 Å². The number of hydrogen-bond donors (Lipinski definition) is 0. The minimum absolute atomic E-state index is 0.0404. The predicted molar refractivity (Wildman–Crippen MR) is 124 cm³/mol. The van der Waals surface area contributed by atoms with Crippen molar-refractivity contribution in [1.29, 1.82) is 0 Å². The van der Waals surface area contributed by atoms with Crippen molar-refractivity contribution < 1.29 is 9.53 Å². The number of amides is 1. The number of fused-ring (bicyclic) bond motifs is 1. The number of rotatable bonds is 4. The number of benzene rings is 2. The van der Waals surface area contributed by atoms with Crippen LogP contribution >= 0.6 is 0 Å². The Bertz CT molecular complexity index is 1140. The van der Waals surface area contributed by atoms with Crippen molar-refractivity contribution in [2.45, 2.75) is 39.7 Å². The summed E-state index contributed by atoms with van der Waals surface area (Å²) in [6, 6.07) is 15.7. The average molecular weight is 429 g/mol. The standard InChI is InChI=1S/C26H28N4O2/c1-18-9-11-20(12-10-18)32-24-22-17-30(25(31)21-8-4-3-7-19(21)2)16-13-23(22)27-26(28-24)29-14-5-6-15-29/h3-4,7-12H,5-6,13-17H2,1-2H3. The van der Waals surface area contributed by atoms with E-state index in [9.17, 15) is 4.79 Å². The van der Waals surface area contributed by atoms with Gasteiger partial charge in [0.2, 0.25) is 11.8 Å². The predicted octanol–water partition coefficient (Wildman–Crippen LogP) is 4.68. The summed E-state index contributed by atoms with van der Waals surface area (Å²) in [6.07, 6.45) is 3.02. The molecule has 2 aromatic carbocycles. The fourth-order valence-corrected chi connectivity index (χ4v) is 4.39. The van der Waals surface area contributed by atoms with Crippen LogP contribution in [-0.2, 0) is 13.0 Å². The number of ether oxygens (including phenoxy) is 1. The first-order chi connectivity index (χ1) is 15.6. The van der Waals surface area contributed by atoms with Gasteiger partial charge in [-0.15, -0.1) is 0 Å². The summed E-state index contributed by atoms with van der Waals surface area (Å²) >= 11 is 0. The number of aryl methyl sites for hydroxylation is 2. The van der Waals surface area contributed by atoms with Crippen molar-refractivity contribution in [3.05, 3.63) is 76.5 Å². The lowest BCUT2D eigenvalue weighted by Crippen LogP contribution is -2.37. The van der Waals surface area contributed by atoms with Gasteiger partial charge in [-0.1, -0.05) is 35.9 Å². The van der Waals surface area contributed by atoms with E-state index >= 15 is 0 Å².